The van der Waals surface area contributed by atoms with E-state index < -0.39 is 0 Å². The summed E-state index contributed by atoms with van der Waals surface area (Å²) in [6.07, 6.45) is 10.3. The van der Waals surface area contributed by atoms with E-state index >= 15 is 0 Å². The highest BCUT2D eigenvalue weighted by atomic mass is 15.3. The van der Waals surface area contributed by atoms with Gasteiger partial charge in [-0.3, -0.25) is 10.4 Å². The molecule has 4 N–H and O–H groups in total. The molecule has 0 aromatic heterocycles. The van der Waals surface area contributed by atoms with Gasteiger partial charge in [-0.2, -0.15) is 0 Å². The van der Waals surface area contributed by atoms with Crippen LogP contribution in [0.1, 0.15) is 65.2 Å². The topological polar surface area (TPSA) is 62.4 Å². The first-order chi connectivity index (χ1) is 8.81. The number of nitrogens with zero attached hydrogens (tertiary/aromatic N) is 1. The molecule has 18 heavy (non-hydrogen) atoms. The zero-order chi connectivity index (χ0) is 13.2. The number of hydrogen-bond acceptors (Lipinski definition) is 2. The monoisotopic (exact) mass is 254 g/mol. The minimum atomic E-state index is 0.515. The van der Waals surface area contributed by atoms with Crippen LogP contribution < -0.4 is 16.6 Å². The molecule has 0 spiro atoms. The maximum Gasteiger partial charge on any atom is 0.205 e. The molecule has 4 nitrogen and oxygen atoms in total. The van der Waals surface area contributed by atoms with Crippen LogP contribution in [-0.2, 0) is 0 Å². The Hall–Kier alpha value is -0.770. The predicted octanol–water partition coefficient (Wildman–Crippen LogP) is 2.55. The Morgan fingerprint density at radius 2 is 2.00 bits per heavy atom. The van der Waals surface area contributed by atoms with Crippen LogP contribution in [0.25, 0.3) is 0 Å². The van der Waals surface area contributed by atoms with E-state index in [1.54, 1.807) is 0 Å². The molecule has 0 aromatic carbocycles. The third kappa shape index (κ3) is 5.25. The fourth-order valence-corrected chi connectivity index (χ4v) is 2.75. The molecule has 1 unspecified atom stereocenters. The van der Waals surface area contributed by atoms with E-state index in [1.807, 2.05) is 0 Å². The molecular weight excluding hydrogens is 224 g/mol. The lowest BCUT2D eigenvalue weighted by atomic mass is 9.83. The highest BCUT2D eigenvalue weighted by molar-refractivity contribution is 5.79. The van der Waals surface area contributed by atoms with Gasteiger partial charge in [-0.05, 0) is 31.6 Å². The van der Waals surface area contributed by atoms with Gasteiger partial charge in [0.25, 0.3) is 0 Å². The van der Waals surface area contributed by atoms with E-state index in [2.05, 4.69) is 29.6 Å². The zero-order valence-electron chi connectivity index (χ0n) is 12.0. The quantitative estimate of drug-likeness (QED) is 0.224. The number of nitrogens with two attached hydrogens (primary N) is 1. The van der Waals surface area contributed by atoms with Crippen LogP contribution in [0, 0.1) is 5.92 Å². The number of nitrogens with one attached hydrogen (secondary N) is 2. The summed E-state index contributed by atoms with van der Waals surface area (Å²) in [6, 6.07) is 0.515. The van der Waals surface area contributed by atoms with Crippen LogP contribution in [-0.4, -0.2) is 18.5 Å². The summed E-state index contributed by atoms with van der Waals surface area (Å²) in [4.78, 5) is 4.48. The lowest BCUT2D eigenvalue weighted by Gasteiger charge is -2.31. The fourth-order valence-electron chi connectivity index (χ4n) is 2.75. The Morgan fingerprint density at radius 3 is 2.56 bits per heavy atom. The largest absolute Gasteiger partial charge is 0.352 e. The highest BCUT2D eigenvalue weighted by Crippen LogP contribution is 2.27. The van der Waals surface area contributed by atoms with E-state index in [4.69, 9.17) is 5.84 Å². The molecule has 1 aliphatic rings. The fraction of sp³-hybridized carbons (Fsp3) is 0.929. The molecule has 0 heterocycles. The molecule has 106 valence electrons. The minimum Gasteiger partial charge on any atom is -0.352 e. The Balaban J connectivity index is 2.45. The van der Waals surface area contributed by atoms with Crippen LogP contribution in [0.2, 0.25) is 0 Å². The van der Waals surface area contributed by atoms with Crippen LogP contribution >= 0.6 is 0 Å². The summed E-state index contributed by atoms with van der Waals surface area (Å²) in [5.74, 6) is 7.09. The average Bonchev–Trinajstić information content (AvgIpc) is 2.43. The molecule has 4 heteroatoms. The van der Waals surface area contributed by atoms with Crippen molar-refractivity contribution in [2.75, 3.05) is 6.54 Å². The second-order valence-electron chi connectivity index (χ2n) is 5.29. The molecule has 0 bridgehead atoms. The zero-order valence-corrected chi connectivity index (χ0v) is 12.0. The van der Waals surface area contributed by atoms with Gasteiger partial charge in [0.1, 0.15) is 0 Å². The summed E-state index contributed by atoms with van der Waals surface area (Å²) < 4.78 is 0. The van der Waals surface area contributed by atoms with Gasteiger partial charge in [0.15, 0.2) is 0 Å². The maximum atomic E-state index is 5.54. The number of aliphatic imine (C=N–C) groups is 1. The van der Waals surface area contributed by atoms with Crippen LogP contribution in [0.4, 0.5) is 0 Å². The number of hydrogen-bond donors (Lipinski definition) is 3. The van der Waals surface area contributed by atoms with Gasteiger partial charge in [0.2, 0.25) is 5.96 Å². The number of unbranched alkanes of at least 4 members (excludes halogenated alkanes) is 1. The number of guanidine groups is 1. The summed E-state index contributed by atoms with van der Waals surface area (Å²) in [5.41, 5.74) is 2.70. The summed E-state index contributed by atoms with van der Waals surface area (Å²) in [5, 5.41) is 3.50. The summed E-state index contributed by atoms with van der Waals surface area (Å²) in [6.45, 7) is 5.27. The van der Waals surface area contributed by atoms with Crippen molar-refractivity contribution < 1.29 is 0 Å². The molecule has 0 amide bonds. The van der Waals surface area contributed by atoms with Crippen LogP contribution in [0.3, 0.4) is 0 Å². The van der Waals surface area contributed by atoms with Gasteiger partial charge < -0.3 is 5.32 Å². The smallest absolute Gasteiger partial charge is 0.205 e. The normalized spacial score (nSPS) is 19.6. The Kier molecular flexibility index (Phi) is 7.81. The summed E-state index contributed by atoms with van der Waals surface area (Å²) >= 11 is 0. The van der Waals surface area contributed by atoms with Crippen molar-refractivity contribution in [2.45, 2.75) is 71.3 Å². The van der Waals surface area contributed by atoms with Gasteiger partial charge >= 0.3 is 0 Å². The van der Waals surface area contributed by atoms with Crippen molar-refractivity contribution in [3.05, 3.63) is 0 Å². The third-order valence-electron chi connectivity index (χ3n) is 3.90. The van der Waals surface area contributed by atoms with E-state index in [1.165, 1.54) is 38.5 Å². The molecule has 0 radical (unpaired) electrons. The maximum absolute atomic E-state index is 5.54. The minimum absolute atomic E-state index is 0.515. The van der Waals surface area contributed by atoms with Gasteiger partial charge in [0.05, 0.1) is 0 Å². The van der Waals surface area contributed by atoms with Crippen molar-refractivity contribution in [2.24, 2.45) is 16.8 Å². The van der Waals surface area contributed by atoms with E-state index in [9.17, 15) is 0 Å². The summed E-state index contributed by atoms with van der Waals surface area (Å²) in [7, 11) is 0. The second-order valence-corrected chi connectivity index (χ2v) is 5.29. The van der Waals surface area contributed by atoms with Crippen molar-refractivity contribution in [1.29, 1.82) is 0 Å². The van der Waals surface area contributed by atoms with E-state index in [0.29, 0.717) is 6.04 Å². The molecule has 1 saturated carbocycles. The lowest BCUT2D eigenvalue weighted by Crippen LogP contribution is -2.49. The highest BCUT2D eigenvalue weighted by Gasteiger charge is 2.22. The first kappa shape index (κ1) is 15.3. The molecule has 1 rings (SSSR count). The number of rotatable bonds is 6. The molecule has 0 saturated heterocycles. The molecule has 0 aromatic rings. The van der Waals surface area contributed by atoms with Crippen molar-refractivity contribution in [1.82, 2.24) is 10.7 Å². The Labute approximate surface area is 112 Å². The SMILES string of the molecule is CCCCN=C(NN)NC(CC)C1CCCCC1. The molecular formula is C14H30N4. The predicted molar refractivity (Wildman–Crippen MR) is 78.3 cm³/mol. The van der Waals surface area contributed by atoms with Crippen molar-refractivity contribution in [3.63, 3.8) is 0 Å². The van der Waals surface area contributed by atoms with E-state index in [0.717, 1.165) is 31.3 Å². The van der Waals surface area contributed by atoms with Gasteiger partial charge in [-0.1, -0.05) is 39.5 Å². The lowest BCUT2D eigenvalue weighted by molar-refractivity contribution is 0.282. The van der Waals surface area contributed by atoms with Gasteiger partial charge in [-0.25, -0.2) is 5.84 Å². The molecule has 0 aliphatic heterocycles. The van der Waals surface area contributed by atoms with Gasteiger partial charge in [-0.15, -0.1) is 0 Å². The first-order valence-corrected chi connectivity index (χ1v) is 7.59. The third-order valence-corrected chi connectivity index (χ3v) is 3.90. The average molecular weight is 254 g/mol. The van der Waals surface area contributed by atoms with Crippen LogP contribution in [0.5, 0.6) is 0 Å². The van der Waals surface area contributed by atoms with Crippen LogP contribution in [0.15, 0.2) is 4.99 Å². The van der Waals surface area contributed by atoms with Gasteiger partial charge in [0, 0.05) is 12.6 Å². The number of hydrazine groups is 1. The molecule has 1 atom stereocenters. The van der Waals surface area contributed by atoms with Crippen molar-refractivity contribution >= 4 is 5.96 Å². The Bertz CT molecular complexity index is 234. The molecule has 1 aliphatic carbocycles. The first-order valence-electron chi connectivity index (χ1n) is 7.59. The standard InChI is InChI=1S/C14H30N4/c1-3-5-11-16-14(18-15)17-13(4-2)12-9-7-6-8-10-12/h12-13H,3-11,15H2,1-2H3,(H2,16,17,18). The molecule has 1 fully saturated rings. The van der Waals surface area contributed by atoms with E-state index in [-0.39, 0.29) is 0 Å². The van der Waals surface area contributed by atoms with Crippen molar-refractivity contribution in [3.8, 4) is 0 Å². The second kappa shape index (κ2) is 9.20. The Morgan fingerprint density at radius 1 is 1.28 bits per heavy atom.